The van der Waals surface area contributed by atoms with Gasteiger partial charge in [0, 0.05) is 23.6 Å². The highest BCUT2D eigenvalue weighted by Gasteiger charge is 2.26. The van der Waals surface area contributed by atoms with Gasteiger partial charge in [-0.25, -0.2) is 4.39 Å². The van der Waals surface area contributed by atoms with Gasteiger partial charge in [-0.05, 0) is 48.2 Å². The summed E-state index contributed by atoms with van der Waals surface area (Å²) in [6.07, 6.45) is 4.50. The minimum absolute atomic E-state index is 0.117. The van der Waals surface area contributed by atoms with Crippen LogP contribution in [0.5, 0.6) is 0 Å². The molecule has 0 fully saturated rings. The molecule has 1 heterocycles. The first-order valence-electron chi connectivity index (χ1n) is 11.3. The number of hydrogen-bond acceptors (Lipinski definition) is 4. The van der Waals surface area contributed by atoms with Crippen LogP contribution in [-0.4, -0.2) is 30.2 Å². The Balaban J connectivity index is 1.53. The molecule has 5 nitrogen and oxygen atoms in total. The Labute approximate surface area is 193 Å². The second-order valence-electron chi connectivity index (χ2n) is 8.21. The zero-order valence-electron chi connectivity index (χ0n) is 18.7. The van der Waals surface area contributed by atoms with Gasteiger partial charge in [0.25, 0.3) is 5.91 Å². The predicted molar refractivity (Wildman–Crippen MR) is 131 cm³/mol. The number of unbranched alkanes of at least 4 members (excludes halogenated alkanes) is 1. The fraction of sp³-hybridized carbons (Fsp3) is 0.440. The van der Waals surface area contributed by atoms with Crippen molar-refractivity contribution in [3.63, 3.8) is 0 Å². The van der Waals surface area contributed by atoms with Crippen LogP contribution >= 0.6 is 11.8 Å². The molecule has 3 rings (SSSR count). The lowest BCUT2D eigenvalue weighted by Crippen LogP contribution is -2.40. The van der Waals surface area contributed by atoms with Gasteiger partial charge in [0.15, 0.2) is 0 Å². The van der Waals surface area contributed by atoms with Gasteiger partial charge in [-0.3, -0.25) is 9.59 Å². The average molecular weight is 458 g/mol. The van der Waals surface area contributed by atoms with Crippen molar-refractivity contribution < 1.29 is 14.0 Å². The van der Waals surface area contributed by atoms with E-state index in [2.05, 4.69) is 29.8 Å². The molecule has 0 aromatic heterocycles. The van der Waals surface area contributed by atoms with Gasteiger partial charge in [0.1, 0.15) is 11.9 Å². The van der Waals surface area contributed by atoms with Gasteiger partial charge < -0.3 is 16.0 Å². The molecule has 2 amide bonds. The van der Waals surface area contributed by atoms with Crippen LogP contribution in [0.2, 0.25) is 0 Å². The van der Waals surface area contributed by atoms with Crippen LogP contribution in [0.25, 0.3) is 0 Å². The van der Waals surface area contributed by atoms with Crippen molar-refractivity contribution in [1.29, 1.82) is 0 Å². The van der Waals surface area contributed by atoms with Crippen LogP contribution in [0.4, 0.5) is 15.8 Å². The van der Waals surface area contributed by atoms with Crippen molar-refractivity contribution in [2.24, 2.45) is 5.92 Å². The van der Waals surface area contributed by atoms with E-state index in [0.29, 0.717) is 35.2 Å². The molecule has 0 aliphatic carbocycles. The summed E-state index contributed by atoms with van der Waals surface area (Å²) in [5, 5.41) is 9.22. The number of fused-ring (bicyclic) bond motifs is 1. The monoisotopic (exact) mass is 457 g/mol. The van der Waals surface area contributed by atoms with Crippen molar-refractivity contribution in [1.82, 2.24) is 5.32 Å². The summed E-state index contributed by atoms with van der Waals surface area (Å²) in [5.41, 5.74) is 2.99. The zero-order valence-corrected chi connectivity index (χ0v) is 19.6. The third-order valence-corrected chi connectivity index (χ3v) is 6.85. The van der Waals surface area contributed by atoms with Crippen LogP contribution in [0.1, 0.15) is 55.5 Å². The maximum atomic E-state index is 13.0. The molecule has 2 aromatic rings. The van der Waals surface area contributed by atoms with Gasteiger partial charge in [-0.1, -0.05) is 45.2 Å². The first kappa shape index (κ1) is 24.1. The fourth-order valence-corrected chi connectivity index (χ4v) is 4.68. The topological polar surface area (TPSA) is 70.2 Å². The largest absolute Gasteiger partial charge is 0.371 e. The van der Waals surface area contributed by atoms with E-state index in [1.54, 1.807) is 36.0 Å². The number of hydrogen-bond donors (Lipinski definition) is 3. The van der Waals surface area contributed by atoms with Crippen molar-refractivity contribution in [3.8, 4) is 0 Å². The van der Waals surface area contributed by atoms with Crippen LogP contribution in [0.15, 0.2) is 42.5 Å². The summed E-state index contributed by atoms with van der Waals surface area (Å²) in [5.74, 6) is 1.29. The normalized spacial score (nSPS) is 16.0. The summed E-state index contributed by atoms with van der Waals surface area (Å²) in [6.45, 7) is 5.00. The van der Waals surface area contributed by atoms with E-state index >= 15 is 0 Å². The van der Waals surface area contributed by atoms with Crippen molar-refractivity contribution >= 4 is 35.0 Å². The Bertz CT molecular complexity index is 920. The van der Waals surface area contributed by atoms with E-state index in [0.717, 1.165) is 30.5 Å². The molecule has 0 saturated carbocycles. The van der Waals surface area contributed by atoms with E-state index in [4.69, 9.17) is 0 Å². The van der Waals surface area contributed by atoms with Gasteiger partial charge in [0.2, 0.25) is 5.91 Å². The number of carbonyl (C=O) groups is 2. The van der Waals surface area contributed by atoms with Crippen LogP contribution in [0.3, 0.4) is 0 Å². The Morgan fingerprint density at radius 3 is 2.66 bits per heavy atom. The summed E-state index contributed by atoms with van der Waals surface area (Å²) in [7, 11) is 0. The smallest absolute Gasteiger partial charge is 0.251 e. The molecule has 0 saturated heterocycles. The standard InChI is InChI=1S/C25H32FN3O2S/c1-3-5-6-17(4-2)14-27-24(30)19-9-12-21-22(13-19)29-25(31)23(28-21)16-32-15-18-7-10-20(26)11-8-18/h7-13,17,23,28H,3-6,14-16H2,1-2H3,(H,27,30)(H,29,31). The molecule has 172 valence electrons. The summed E-state index contributed by atoms with van der Waals surface area (Å²) >= 11 is 1.61. The zero-order chi connectivity index (χ0) is 22.9. The van der Waals surface area contributed by atoms with Gasteiger partial charge >= 0.3 is 0 Å². The number of carbonyl (C=O) groups excluding carboxylic acids is 2. The third kappa shape index (κ3) is 6.73. The lowest BCUT2D eigenvalue weighted by atomic mass is 9.99. The number of thioether (sulfide) groups is 1. The van der Waals surface area contributed by atoms with Gasteiger partial charge in [-0.15, -0.1) is 0 Å². The maximum absolute atomic E-state index is 13.0. The van der Waals surface area contributed by atoms with Gasteiger partial charge in [0.05, 0.1) is 11.4 Å². The molecule has 0 bridgehead atoms. The van der Waals surface area contributed by atoms with Crippen molar-refractivity contribution in [2.75, 3.05) is 22.9 Å². The Kier molecular flexibility index (Phi) is 8.97. The number of halogens is 1. The Morgan fingerprint density at radius 2 is 1.94 bits per heavy atom. The van der Waals surface area contributed by atoms with E-state index in [1.807, 2.05) is 6.07 Å². The molecule has 1 aliphatic rings. The Hall–Kier alpha value is -2.54. The van der Waals surface area contributed by atoms with E-state index in [1.165, 1.54) is 18.6 Å². The molecule has 1 aliphatic heterocycles. The quantitative estimate of drug-likeness (QED) is 0.420. The summed E-state index contributed by atoms with van der Waals surface area (Å²) < 4.78 is 13.0. The number of rotatable bonds is 11. The van der Waals surface area contributed by atoms with Crippen LogP contribution in [-0.2, 0) is 10.5 Å². The molecule has 0 radical (unpaired) electrons. The fourth-order valence-electron chi connectivity index (χ4n) is 3.66. The highest BCUT2D eigenvalue weighted by atomic mass is 32.2. The van der Waals surface area contributed by atoms with Crippen molar-refractivity contribution in [2.45, 2.75) is 51.3 Å². The molecular formula is C25H32FN3O2S. The SMILES string of the molecule is CCCCC(CC)CNC(=O)c1ccc2c(c1)NC(=O)C(CSCc1ccc(F)cc1)N2. The van der Waals surface area contributed by atoms with Crippen LogP contribution < -0.4 is 16.0 Å². The number of benzene rings is 2. The molecule has 3 N–H and O–H groups in total. The molecule has 32 heavy (non-hydrogen) atoms. The third-order valence-electron chi connectivity index (χ3n) is 5.75. The molecule has 7 heteroatoms. The summed E-state index contributed by atoms with van der Waals surface area (Å²) in [6, 6.07) is 11.4. The first-order chi connectivity index (χ1) is 15.5. The number of amides is 2. The van der Waals surface area contributed by atoms with Crippen molar-refractivity contribution in [3.05, 3.63) is 59.4 Å². The first-order valence-corrected chi connectivity index (χ1v) is 12.5. The Morgan fingerprint density at radius 1 is 1.16 bits per heavy atom. The van der Waals surface area contributed by atoms with Gasteiger partial charge in [-0.2, -0.15) is 11.8 Å². The lowest BCUT2D eigenvalue weighted by molar-refractivity contribution is -0.116. The number of anilines is 2. The molecule has 2 atom stereocenters. The highest BCUT2D eigenvalue weighted by molar-refractivity contribution is 7.98. The maximum Gasteiger partial charge on any atom is 0.251 e. The predicted octanol–water partition coefficient (Wildman–Crippen LogP) is 5.44. The second kappa shape index (κ2) is 11.9. The van der Waals surface area contributed by atoms with E-state index in [9.17, 15) is 14.0 Å². The second-order valence-corrected chi connectivity index (χ2v) is 9.24. The minimum Gasteiger partial charge on any atom is -0.371 e. The molecular weight excluding hydrogens is 425 g/mol. The molecule has 0 spiro atoms. The van der Waals surface area contributed by atoms with E-state index < -0.39 is 0 Å². The lowest BCUT2D eigenvalue weighted by Gasteiger charge is -2.27. The minimum atomic E-state index is -0.364. The number of nitrogens with one attached hydrogen (secondary N) is 3. The highest BCUT2D eigenvalue weighted by Crippen LogP contribution is 2.29. The summed E-state index contributed by atoms with van der Waals surface area (Å²) in [4.78, 5) is 25.1. The van der Waals surface area contributed by atoms with E-state index in [-0.39, 0.29) is 23.7 Å². The average Bonchev–Trinajstić information content (AvgIpc) is 2.80. The molecule has 2 unspecified atom stereocenters. The van der Waals surface area contributed by atoms with Crippen LogP contribution in [0, 0.1) is 11.7 Å². The molecule has 2 aromatic carbocycles.